The third kappa shape index (κ3) is 3.00. The Labute approximate surface area is 109 Å². The fourth-order valence-corrected chi connectivity index (χ4v) is 3.67. The summed E-state index contributed by atoms with van der Waals surface area (Å²) in [4.78, 5) is 0.483. The maximum absolute atomic E-state index is 12.2. The number of benzene rings is 1. The van der Waals surface area contributed by atoms with Crippen LogP contribution in [0.1, 0.15) is 31.9 Å². The van der Waals surface area contributed by atoms with Crippen LogP contribution in [0.4, 0.5) is 0 Å². The summed E-state index contributed by atoms with van der Waals surface area (Å²) in [6.45, 7) is 5.55. The van der Waals surface area contributed by atoms with Crippen LogP contribution in [-0.2, 0) is 22.9 Å². The summed E-state index contributed by atoms with van der Waals surface area (Å²) in [5, 5.41) is 0. The molecule has 0 bridgehead atoms. The lowest BCUT2D eigenvalue weighted by Crippen LogP contribution is -2.41. The molecule has 0 radical (unpaired) electrons. The Kier molecular flexibility index (Phi) is 3.34. The van der Waals surface area contributed by atoms with Gasteiger partial charge in [-0.25, -0.2) is 13.1 Å². The number of hydrogen-bond acceptors (Lipinski definition) is 2. The van der Waals surface area contributed by atoms with Crippen molar-refractivity contribution in [2.75, 3.05) is 0 Å². The number of rotatable bonds is 2. The van der Waals surface area contributed by atoms with Crippen molar-refractivity contribution in [3.63, 3.8) is 0 Å². The van der Waals surface area contributed by atoms with Crippen molar-refractivity contribution in [3.05, 3.63) is 46.4 Å². The SMILES string of the molecule is CC(C)(C)NS(=O)(=O)C1=CCc2ccccc2C1. The summed E-state index contributed by atoms with van der Waals surface area (Å²) >= 11 is 0. The molecule has 98 valence electrons. The molecule has 1 aromatic carbocycles. The summed E-state index contributed by atoms with van der Waals surface area (Å²) in [5.41, 5.74) is 1.87. The fourth-order valence-electron chi connectivity index (χ4n) is 2.09. The third-order valence-corrected chi connectivity index (χ3v) is 4.70. The van der Waals surface area contributed by atoms with Crippen LogP contribution in [0.3, 0.4) is 0 Å². The van der Waals surface area contributed by atoms with Gasteiger partial charge in [0.25, 0.3) is 0 Å². The molecular formula is C14H19NO2S. The first kappa shape index (κ1) is 13.3. The Morgan fingerprint density at radius 3 is 2.33 bits per heavy atom. The number of nitrogens with one attached hydrogen (secondary N) is 1. The largest absolute Gasteiger partial charge is 0.237 e. The molecule has 0 aliphatic heterocycles. The van der Waals surface area contributed by atoms with E-state index in [-0.39, 0.29) is 0 Å². The summed E-state index contributed by atoms with van der Waals surface area (Å²) in [7, 11) is -3.37. The zero-order valence-corrected chi connectivity index (χ0v) is 11.8. The van der Waals surface area contributed by atoms with Gasteiger partial charge in [-0.3, -0.25) is 0 Å². The predicted octanol–water partition coefficient (Wildman–Crippen LogP) is 2.39. The summed E-state index contributed by atoms with van der Waals surface area (Å²) in [5.74, 6) is 0. The van der Waals surface area contributed by atoms with Crippen LogP contribution >= 0.6 is 0 Å². The van der Waals surface area contributed by atoms with Crippen molar-refractivity contribution in [1.29, 1.82) is 0 Å². The smallest absolute Gasteiger partial charge is 0.207 e. The molecule has 4 heteroatoms. The Balaban J connectivity index is 2.25. The average Bonchev–Trinajstić information content (AvgIpc) is 2.25. The van der Waals surface area contributed by atoms with Crippen molar-refractivity contribution >= 4 is 10.0 Å². The van der Waals surface area contributed by atoms with Crippen LogP contribution in [0.15, 0.2) is 35.2 Å². The van der Waals surface area contributed by atoms with E-state index < -0.39 is 15.6 Å². The molecule has 0 atom stereocenters. The van der Waals surface area contributed by atoms with Gasteiger partial charge in [-0.15, -0.1) is 0 Å². The Morgan fingerprint density at radius 1 is 1.11 bits per heavy atom. The van der Waals surface area contributed by atoms with Gasteiger partial charge >= 0.3 is 0 Å². The van der Waals surface area contributed by atoms with E-state index >= 15 is 0 Å². The van der Waals surface area contributed by atoms with Gasteiger partial charge in [0.1, 0.15) is 0 Å². The fraction of sp³-hybridized carbons (Fsp3) is 0.429. The van der Waals surface area contributed by atoms with Gasteiger partial charge in [-0.2, -0.15) is 0 Å². The van der Waals surface area contributed by atoms with E-state index in [0.29, 0.717) is 17.7 Å². The van der Waals surface area contributed by atoms with E-state index in [9.17, 15) is 8.42 Å². The predicted molar refractivity (Wildman–Crippen MR) is 73.7 cm³/mol. The maximum atomic E-state index is 12.2. The summed E-state index contributed by atoms with van der Waals surface area (Å²) in [6.07, 6.45) is 2.99. The van der Waals surface area contributed by atoms with Crippen LogP contribution in [-0.4, -0.2) is 14.0 Å². The second-order valence-corrected chi connectivity index (χ2v) is 7.41. The number of hydrogen-bond donors (Lipinski definition) is 1. The molecule has 0 fully saturated rings. The van der Waals surface area contributed by atoms with Crippen LogP contribution < -0.4 is 4.72 Å². The van der Waals surface area contributed by atoms with Crippen molar-refractivity contribution in [3.8, 4) is 0 Å². The monoisotopic (exact) mass is 265 g/mol. The topological polar surface area (TPSA) is 46.2 Å². The highest BCUT2D eigenvalue weighted by molar-refractivity contribution is 7.93. The van der Waals surface area contributed by atoms with E-state index in [4.69, 9.17) is 0 Å². The molecule has 2 rings (SSSR count). The molecule has 1 aliphatic rings. The van der Waals surface area contributed by atoms with Crippen molar-refractivity contribution in [2.45, 2.75) is 39.2 Å². The quantitative estimate of drug-likeness (QED) is 0.892. The standard InChI is InChI=1S/C14H19NO2S/c1-14(2,3)15-18(16,17)13-9-8-11-6-4-5-7-12(11)10-13/h4-7,9,15H,8,10H2,1-3H3. The molecule has 0 unspecified atom stereocenters. The van der Waals surface area contributed by atoms with Crippen LogP contribution in [0.2, 0.25) is 0 Å². The Bertz CT molecular complexity index is 580. The minimum Gasteiger partial charge on any atom is -0.207 e. The summed E-state index contributed by atoms with van der Waals surface area (Å²) < 4.78 is 27.2. The van der Waals surface area contributed by atoms with Crippen molar-refractivity contribution in [1.82, 2.24) is 4.72 Å². The van der Waals surface area contributed by atoms with Crippen LogP contribution in [0.25, 0.3) is 0 Å². The second-order valence-electron chi connectivity index (χ2n) is 5.68. The molecule has 0 aromatic heterocycles. The van der Waals surface area contributed by atoms with Crippen LogP contribution in [0, 0.1) is 0 Å². The highest BCUT2D eigenvalue weighted by atomic mass is 32.2. The van der Waals surface area contributed by atoms with Crippen LogP contribution in [0.5, 0.6) is 0 Å². The molecule has 18 heavy (non-hydrogen) atoms. The summed E-state index contributed by atoms with van der Waals surface area (Å²) in [6, 6.07) is 7.98. The maximum Gasteiger partial charge on any atom is 0.237 e. The Morgan fingerprint density at radius 2 is 1.72 bits per heavy atom. The lowest BCUT2D eigenvalue weighted by molar-refractivity contribution is 0.494. The minimum atomic E-state index is -3.37. The molecule has 0 spiro atoms. The van der Waals surface area contributed by atoms with Gasteiger partial charge in [0.05, 0.1) is 4.91 Å². The van der Waals surface area contributed by atoms with E-state index in [1.807, 2.05) is 51.1 Å². The van der Waals surface area contributed by atoms with E-state index in [1.165, 1.54) is 5.56 Å². The van der Waals surface area contributed by atoms with Crippen molar-refractivity contribution < 1.29 is 8.42 Å². The zero-order valence-electron chi connectivity index (χ0n) is 11.0. The Hall–Kier alpha value is -1.13. The first-order valence-electron chi connectivity index (χ1n) is 6.08. The highest BCUT2D eigenvalue weighted by Gasteiger charge is 2.26. The molecule has 0 saturated heterocycles. The molecular weight excluding hydrogens is 246 g/mol. The third-order valence-electron chi connectivity index (χ3n) is 2.82. The molecule has 1 aliphatic carbocycles. The second kappa shape index (κ2) is 4.52. The van der Waals surface area contributed by atoms with E-state index in [1.54, 1.807) is 0 Å². The lowest BCUT2D eigenvalue weighted by atomic mass is 9.97. The van der Waals surface area contributed by atoms with Crippen molar-refractivity contribution in [2.24, 2.45) is 0 Å². The molecule has 3 nitrogen and oxygen atoms in total. The van der Waals surface area contributed by atoms with Gasteiger partial charge in [0, 0.05) is 12.0 Å². The zero-order chi connectivity index (χ0) is 13.4. The van der Waals surface area contributed by atoms with Gasteiger partial charge in [0.2, 0.25) is 10.0 Å². The number of allylic oxidation sites excluding steroid dienone is 2. The number of sulfonamides is 1. The highest BCUT2D eigenvalue weighted by Crippen LogP contribution is 2.24. The minimum absolute atomic E-state index is 0.448. The van der Waals surface area contributed by atoms with Gasteiger partial charge in [-0.05, 0) is 38.3 Å². The first-order chi connectivity index (χ1) is 8.28. The number of fused-ring (bicyclic) bond motifs is 1. The molecule has 0 saturated carbocycles. The molecule has 0 heterocycles. The molecule has 1 aromatic rings. The average molecular weight is 265 g/mol. The van der Waals surface area contributed by atoms with Gasteiger partial charge in [0.15, 0.2) is 0 Å². The van der Waals surface area contributed by atoms with E-state index in [2.05, 4.69) is 4.72 Å². The van der Waals surface area contributed by atoms with E-state index in [0.717, 1.165) is 5.56 Å². The van der Waals surface area contributed by atoms with Gasteiger partial charge in [-0.1, -0.05) is 30.3 Å². The first-order valence-corrected chi connectivity index (χ1v) is 7.56. The van der Waals surface area contributed by atoms with Gasteiger partial charge < -0.3 is 0 Å². The lowest BCUT2D eigenvalue weighted by Gasteiger charge is -2.23. The normalized spacial score (nSPS) is 16.1. The molecule has 0 amide bonds. The molecule has 1 N–H and O–H groups in total.